The van der Waals surface area contributed by atoms with Crippen molar-refractivity contribution in [3.63, 3.8) is 0 Å². The fraction of sp³-hybridized carbons (Fsp3) is 0.0820. The van der Waals surface area contributed by atoms with E-state index in [-0.39, 0.29) is 5.92 Å². The minimum absolute atomic E-state index is 0.177. The molecule has 1 spiro atoms. The number of benzene rings is 8. The van der Waals surface area contributed by atoms with Gasteiger partial charge in [-0.25, -0.2) is 0 Å². The predicted molar refractivity (Wildman–Crippen MR) is 260 cm³/mol. The van der Waals surface area contributed by atoms with E-state index >= 15 is 0 Å². The van der Waals surface area contributed by atoms with Crippen LogP contribution >= 0.6 is 0 Å². The molecule has 3 atom stereocenters. The SMILES string of the molecule is C1=CCC2C(=C1)C1(c3ccccc3-c3cc4c(cc31)Oc1ccc(N(C3=CC(c5ccccc5)CC(c5ccccc5)=C3)c3cccc(-c5ccccc5)c3)cc1O4)c1ccccc12. The van der Waals surface area contributed by atoms with Crippen LogP contribution in [0.1, 0.15) is 58.1 Å². The Morgan fingerprint density at radius 1 is 0.500 bits per heavy atom. The Kier molecular flexibility index (Phi) is 8.39. The third kappa shape index (κ3) is 5.67. The van der Waals surface area contributed by atoms with Crippen LogP contribution in [-0.2, 0) is 5.41 Å². The Labute approximate surface area is 374 Å². The molecule has 8 aromatic carbocycles. The first kappa shape index (κ1) is 36.7. The molecule has 13 rings (SSSR count). The summed E-state index contributed by atoms with van der Waals surface area (Å²) in [5.74, 6) is 3.36. The highest BCUT2D eigenvalue weighted by Gasteiger charge is 2.55. The summed E-state index contributed by atoms with van der Waals surface area (Å²) in [5, 5.41) is 0. The number of anilines is 2. The molecule has 3 unspecified atom stereocenters. The number of fused-ring (bicyclic) bond motifs is 12. The molecule has 5 aliphatic rings. The Balaban J connectivity index is 0.951. The van der Waals surface area contributed by atoms with Gasteiger partial charge in [0.25, 0.3) is 0 Å². The maximum atomic E-state index is 7.02. The predicted octanol–water partition coefficient (Wildman–Crippen LogP) is 15.8. The van der Waals surface area contributed by atoms with Crippen LogP contribution in [0.15, 0.2) is 236 Å². The number of allylic oxidation sites excluding steroid dienone is 7. The number of hydrogen-bond acceptors (Lipinski definition) is 3. The van der Waals surface area contributed by atoms with Gasteiger partial charge in [-0.2, -0.15) is 0 Å². The normalized spacial score (nSPS) is 19.3. The Bertz CT molecular complexity index is 3290. The molecule has 3 heteroatoms. The van der Waals surface area contributed by atoms with Crippen molar-refractivity contribution in [2.24, 2.45) is 0 Å². The van der Waals surface area contributed by atoms with Gasteiger partial charge >= 0.3 is 0 Å². The first-order valence-electron chi connectivity index (χ1n) is 22.4. The standard InChI is InChI=1S/C61H43NO2/c1-4-17-40(18-5-1)43-23-16-24-46(34-43)62(48-35-44(41-19-6-2-7-20-41)33-45(36-48)42-21-8-3-9-22-42)47-31-32-57-58(37-47)64-59-38-52-51-27-12-15-30-55(51)61(56(52)39-60(59)63-57)53-28-13-10-25-49(53)50-26-11-14-29-54(50)61/h1-25,27-32,34-39,44,50H,26,33H2. The van der Waals surface area contributed by atoms with Crippen LogP contribution in [0, 0.1) is 0 Å². The minimum Gasteiger partial charge on any atom is -0.449 e. The van der Waals surface area contributed by atoms with Crippen molar-refractivity contribution in [3.8, 4) is 45.3 Å². The molecule has 304 valence electrons. The second kappa shape index (κ2) is 14.6. The molecule has 0 saturated carbocycles. The lowest BCUT2D eigenvalue weighted by Gasteiger charge is -2.34. The van der Waals surface area contributed by atoms with Gasteiger partial charge in [0, 0.05) is 29.3 Å². The summed E-state index contributed by atoms with van der Waals surface area (Å²) in [6.07, 6.45) is 13.6. The van der Waals surface area contributed by atoms with E-state index in [4.69, 9.17) is 9.47 Å². The minimum atomic E-state index is -0.396. The van der Waals surface area contributed by atoms with Crippen LogP contribution in [0.4, 0.5) is 11.4 Å². The summed E-state index contributed by atoms with van der Waals surface area (Å²) < 4.78 is 14.0. The number of nitrogens with zero attached hydrogens (tertiary/aromatic N) is 1. The van der Waals surface area contributed by atoms with Crippen molar-refractivity contribution in [1.82, 2.24) is 0 Å². The van der Waals surface area contributed by atoms with Crippen LogP contribution in [-0.4, -0.2) is 0 Å². The topological polar surface area (TPSA) is 21.7 Å². The molecule has 8 aromatic rings. The summed E-state index contributed by atoms with van der Waals surface area (Å²) in [4.78, 5) is 2.38. The summed E-state index contributed by atoms with van der Waals surface area (Å²) in [5.41, 5.74) is 18.2. The van der Waals surface area contributed by atoms with Gasteiger partial charge in [-0.3, -0.25) is 0 Å². The lowest BCUT2D eigenvalue weighted by molar-refractivity contribution is 0.359. The van der Waals surface area contributed by atoms with E-state index < -0.39 is 5.41 Å². The maximum absolute atomic E-state index is 7.02. The fourth-order valence-electron chi connectivity index (χ4n) is 11.3. The van der Waals surface area contributed by atoms with Crippen molar-refractivity contribution in [2.45, 2.75) is 30.1 Å². The highest BCUT2D eigenvalue weighted by atomic mass is 16.6. The third-order valence-corrected chi connectivity index (χ3v) is 14.0. The fourth-order valence-corrected chi connectivity index (χ4v) is 11.3. The summed E-state index contributed by atoms with van der Waals surface area (Å²) in [6, 6.07) is 70.1. The summed E-state index contributed by atoms with van der Waals surface area (Å²) in [7, 11) is 0. The lowest BCUT2D eigenvalue weighted by atomic mass is 9.69. The highest BCUT2D eigenvalue weighted by molar-refractivity contribution is 5.91. The first-order valence-corrected chi connectivity index (χ1v) is 22.4. The molecule has 1 heterocycles. The van der Waals surface area contributed by atoms with Gasteiger partial charge < -0.3 is 14.4 Å². The van der Waals surface area contributed by atoms with Gasteiger partial charge in [-0.05, 0) is 122 Å². The number of rotatable bonds is 6. The molecule has 0 amide bonds. The molecule has 3 nitrogen and oxygen atoms in total. The van der Waals surface area contributed by atoms with Crippen LogP contribution in [0.3, 0.4) is 0 Å². The highest BCUT2D eigenvalue weighted by Crippen LogP contribution is 2.66. The molecule has 64 heavy (non-hydrogen) atoms. The Morgan fingerprint density at radius 3 is 2.02 bits per heavy atom. The largest absolute Gasteiger partial charge is 0.449 e. The molecule has 1 aliphatic heterocycles. The smallest absolute Gasteiger partial charge is 0.172 e. The van der Waals surface area contributed by atoms with E-state index in [0.717, 1.165) is 47.0 Å². The molecule has 0 bridgehead atoms. The molecule has 0 radical (unpaired) electrons. The van der Waals surface area contributed by atoms with Crippen molar-refractivity contribution >= 4 is 16.9 Å². The van der Waals surface area contributed by atoms with Crippen molar-refractivity contribution in [3.05, 3.63) is 269 Å². The van der Waals surface area contributed by atoms with E-state index in [0.29, 0.717) is 17.4 Å². The molecule has 0 N–H and O–H groups in total. The van der Waals surface area contributed by atoms with E-state index in [1.807, 2.05) is 0 Å². The van der Waals surface area contributed by atoms with Gasteiger partial charge in [0.05, 0.1) is 11.1 Å². The average Bonchev–Trinajstić information content (AvgIpc) is 3.83. The molecular formula is C61H43NO2. The van der Waals surface area contributed by atoms with E-state index in [2.05, 4.69) is 229 Å². The summed E-state index contributed by atoms with van der Waals surface area (Å²) >= 11 is 0. The molecule has 0 fully saturated rings. The third-order valence-electron chi connectivity index (χ3n) is 14.0. The monoisotopic (exact) mass is 821 g/mol. The maximum Gasteiger partial charge on any atom is 0.172 e. The molecular weight excluding hydrogens is 779 g/mol. The van der Waals surface area contributed by atoms with Crippen molar-refractivity contribution < 1.29 is 9.47 Å². The van der Waals surface area contributed by atoms with E-state index in [1.54, 1.807) is 0 Å². The van der Waals surface area contributed by atoms with Crippen LogP contribution < -0.4 is 14.4 Å². The zero-order valence-electron chi connectivity index (χ0n) is 35.2. The molecule has 0 saturated heterocycles. The van der Waals surface area contributed by atoms with Crippen LogP contribution in [0.5, 0.6) is 23.0 Å². The van der Waals surface area contributed by atoms with Crippen molar-refractivity contribution in [2.75, 3.05) is 4.90 Å². The Morgan fingerprint density at radius 2 is 1.17 bits per heavy atom. The second-order valence-electron chi connectivity index (χ2n) is 17.5. The van der Waals surface area contributed by atoms with Crippen LogP contribution in [0.2, 0.25) is 0 Å². The first-order chi connectivity index (χ1) is 31.7. The zero-order chi connectivity index (χ0) is 42.2. The molecule has 0 aromatic heterocycles. The number of hydrogen-bond donors (Lipinski definition) is 0. The summed E-state index contributed by atoms with van der Waals surface area (Å²) in [6.45, 7) is 0. The number of ether oxygens (including phenoxy) is 2. The van der Waals surface area contributed by atoms with E-state index in [1.165, 1.54) is 61.2 Å². The van der Waals surface area contributed by atoms with Gasteiger partial charge in [0.1, 0.15) is 0 Å². The zero-order valence-corrected chi connectivity index (χ0v) is 35.2. The average molecular weight is 822 g/mol. The molecule has 4 aliphatic carbocycles. The second-order valence-corrected chi connectivity index (χ2v) is 17.5. The van der Waals surface area contributed by atoms with Gasteiger partial charge in [-0.15, -0.1) is 0 Å². The van der Waals surface area contributed by atoms with Gasteiger partial charge in [0.15, 0.2) is 23.0 Å². The van der Waals surface area contributed by atoms with Crippen LogP contribution in [0.25, 0.3) is 27.8 Å². The van der Waals surface area contributed by atoms with Crippen molar-refractivity contribution in [1.29, 1.82) is 0 Å². The quantitative estimate of drug-likeness (QED) is 0.167. The van der Waals surface area contributed by atoms with Gasteiger partial charge in [0.2, 0.25) is 0 Å². The Hall–Kier alpha value is -7.88. The lowest BCUT2D eigenvalue weighted by Crippen LogP contribution is -2.27. The van der Waals surface area contributed by atoms with Gasteiger partial charge in [-0.1, -0.05) is 176 Å². The van der Waals surface area contributed by atoms with E-state index in [9.17, 15) is 0 Å².